The summed E-state index contributed by atoms with van der Waals surface area (Å²) in [6, 6.07) is 1.02. The topological polar surface area (TPSA) is 41.6 Å². The zero-order valence-corrected chi connectivity index (χ0v) is 11.6. The van der Waals surface area contributed by atoms with Gasteiger partial charge in [-0.2, -0.15) is 0 Å². The molecule has 0 saturated carbocycles. The zero-order valence-electron chi connectivity index (χ0n) is 10.6. The van der Waals surface area contributed by atoms with Crippen molar-refractivity contribution in [3.05, 3.63) is 0 Å². The number of alkyl carbamates (subject to hydrolysis) is 1. The molecule has 0 heterocycles. The van der Waals surface area contributed by atoms with E-state index in [-0.39, 0.29) is 6.09 Å². The normalized spacial score (nSPS) is 11.6. The highest BCUT2D eigenvalue weighted by atomic mass is 28.3. The molecule has 0 bridgehead atoms. The van der Waals surface area contributed by atoms with E-state index < -0.39 is 8.07 Å². The number of hydrogen-bond acceptors (Lipinski definition) is 3. The first-order valence-corrected chi connectivity index (χ1v) is 9.07. The monoisotopic (exact) mass is 232 g/mol. The van der Waals surface area contributed by atoms with E-state index in [9.17, 15) is 4.79 Å². The van der Waals surface area contributed by atoms with Crippen molar-refractivity contribution >= 4 is 14.2 Å². The predicted molar refractivity (Wildman–Crippen MR) is 66.1 cm³/mol. The maximum atomic E-state index is 11.2. The Bertz CT molecular complexity index is 190. The summed E-state index contributed by atoms with van der Waals surface area (Å²) in [6.07, 6.45) is -0.296. The van der Waals surface area contributed by atoms with Gasteiger partial charge < -0.3 is 15.0 Å². The zero-order chi connectivity index (χ0) is 11.9. The van der Waals surface area contributed by atoms with E-state index in [4.69, 9.17) is 4.74 Å². The van der Waals surface area contributed by atoms with Gasteiger partial charge in [-0.1, -0.05) is 19.6 Å². The maximum Gasteiger partial charge on any atom is 0.407 e. The van der Waals surface area contributed by atoms with E-state index in [2.05, 4.69) is 25.0 Å². The molecule has 0 aromatic carbocycles. The number of hydrogen-bond donors (Lipinski definition) is 1. The van der Waals surface area contributed by atoms with Crippen LogP contribution in [-0.2, 0) is 4.74 Å². The summed E-state index contributed by atoms with van der Waals surface area (Å²) in [7, 11) is 2.85. The summed E-state index contributed by atoms with van der Waals surface area (Å²) < 4.78 is 5.07. The highest BCUT2D eigenvalue weighted by Crippen LogP contribution is 2.07. The lowest BCUT2D eigenvalue weighted by Gasteiger charge is -2.15. The second-order valence-electron chi connectivity index (χ2n) is 5.18. The first kappa shape index (κ1) is 14.4. The Kier molecular flexibility index (Phi) is 6.59. The fourth-order valence-electron chi connectivity index (χ4n) is 0.883. The van der Waals surface area contributed by atoms with Crippen LogP contribution in [0.3, 0.4) is 0 Å². The van der Waals surface area contributed by atoms with E-state index in [1.807, 2.05) is 19.0 Å². The summed E-state index contributed by atoms with van der Waals surface area (Å²) in [5.41, 5.74) is 0. The lowest BCUT2D eigenvalue weighted by atomic mass is 10.6. The molecule has 0 spiro atoms. The average molecular weight is 232 g/mol. The molecular formula is C10H24N2O2Si. The Morgan fingerprint density at radius 2 is 1.93 bits per heavy atom. The van der Waals surface area contributed by atoms with E-state index in [0.29, 0.717) is 13.2 Å². The molecule has 0 rings (SSSR count). The summed E-state index contributed by atoms with van der Waals surface area (Å²) in [4.78, 5) is 13.2. The van der Waals surface area contributed by atoms with Crippen molar-refractivity contribution in [2.24, 2.45) is 0 Å². The van der Waals surface area contributed by atoms with Crippen LogP contribution in [0.5, 0.6) is 0 Å². The number of nitrogens with zero attached hydrogens (tertiary/aromatic N) is 1. The first-order valence-electron chi connectivity index (χ1n) is 5.36. The van der Waals surface area contributed by atoms with Gasteiger partial charge in [-0.3, -0.25) is 0 Å². The lowest BCUT2D eigenvalue weighted by molar-refractivity contribution is 0.151. The molecule has 0 fully saturated rings. The Labute approximate surface area is 94.0 Å². The predicted octanol–water partition coefficient (Wildman–Crippen LogP) is 1.61. The molecule has 0 aliphatic carbocycles. The van der Waals surface area contributed by atoms with Crippen molar-refractivity contribution in [3.8, 4) is 0 Å². The van der Waals surface area contributed by atoms with Gasteiger partial charge in [0.05, 0.1) is 6.61 Å². The van der Waals surface area contributed by atoms with Crippen LogP contribution in [-0.4, -0.2) is 52.9 Å². The maximum absolute atomic E-state index is 11.2. The lowest BCUT2D eigenvalue weighted by Crippen LogP contribution is -2.32. The fourth-order valence-corrected chi connectivity index (χ4v) is 1.60. The van der Waals surface area contributed by atoms with E-state index in [0.717, 1.165) is 12.6 Å². The SMILES string of the molecule is CN(C)CCNC(=O)OCC[Si](C)(C)C. The smallest absolute Gasteiger partial charge is 0.407 e. The number of ether oxygens (including phenoxy) is 1. The van der Waals surface area contributed by atoms with Gasteiger partial charge in [0.1, 0.15) is 0 Å². The minimum atomic E-state index is -1.09. The minimum absolute atomic E-state index is 0.296. The highest BCUT2D eigenvalue weighted by molar-refractivity contribution is 6.76. The van der Waals surface area contributed by atoms with Crippen LogP contribution in [0.2, 0.25) is 25.7 Å². The van der Waals surface area contributed by atoms with Crippen molar-refractivity contribution in [1.29, 1.82) is 0 Å². The molecule has 1 amide bonds. The second kappa shape index (κ2) is 6.84. The molecule has 0 aromatic heterocycles. The van der Waals surface area contributed by atoms with Gasteiger partial charge in [-0.25, -0.2) is 4.79 Å². The third-order valence-electron chi connectivity index (χ3n) is 1.91. The van der Waals surface area contributed by atoms with Gasteiger partial charge in [-0.15, -0.1) is 0 Å². The largest absolute Gasteiger partial charge is 0.450 e. The van der Waals surface area contributed by atoms with Crippen LogP contribution in [0.25, 0.3) is 0 Å². The molecule has 0 unspecified atom stereocenters. The quantitative estimate of drug-likeness (QED) is 0.708. The summed E-state index contributed by atoms with van der Waals surface area (Å²) in [6.45, 7) is 8.81. The van der Waals surface area contributed by atoms with E-state index >= 15 is 0 Å². The molecule has 0 aromatic rings. The summed E-state index contributed by atoms with van der Waals surface area (Å²) >= 11 is 0. The van der Waals surface area contributed by atoms with Crippen LogP contribution in [0.1, 0.15) is 0 Å². The van der Waals surface area contributed by atoms with Crippen molar-refractivity contribution in [2.75, 3.05) is 33.8 Å². The van der Waals surface area contributed by atoms with Crippen molar-refractivity contribution in [3.63, 3.8) is 0 Å². The number of amides is 1. The Hall–Kier alpha value is -0.553. The summed E-state index contributed by atoms with van der Waals surface area (Å²) in [5, 5.41) is 2.71. The van der Waals surface area contributed by atoms with Crippen molar-refractivity contribution in [1.82, 2.24) is 10.2 Å². The molecule has 0 aliphatic heterocycles. The molecule has 0 radical (unpaired) electrons. The van der Waals surface area contributed by atoms with Gasteiger partial charge in [0.25, 0.3) is 0 Å². The van der Waals surface area contributed by atoms with Crippen molar-refractivity contribution < 1.29 is 9.53 Å². The number of carbonyl (C=O) groups excluding carboxylic acids is 1. The highest BCUT2D eigenvalue weighted by Gasteiger charge is 2.13. The second-order valence-corrected chi connectivity index (χ2v) is 10.8. The molecule has 4 nitrogen and oxygen atoms in total. The number of carbonyl (C=O) groups is 1. The number of nitrogens with one attached hydrogen (secondary N) is 1. The Balaban J connectivity index is 3.42. The Morgan fingerprint density at radius 1 is 1.33 bits per heavy atom. The van der Waals surface area contributed by atoms with Crippen LogP contribution in [0.15, 0.2) is 0 Å². The van der Waals surface area contributed by atoms with Gasteiger partial charge in [0, 0.05) is 21.2 Å². The number of rotatable bonds is 6. The van der Waals surface area contributed by atoms with Crippen LogP contribution in [0, 0.1) is 0 Å². The molecule has 90 valence electrons. The molecule has 0 atom stereocenters. The molecule has 15 heavy (non-hydrogen) atoms. The Morgan fingerprint density at radius 3 is 2.40 bits per heavy atom. The average Bonchev–Trinajstić information content (AvgIpc) is 2.00. The van der Waals surface area contributed by atoms with Crippen molar-refractivity contribution in [2.45, 2.75) is 25.7 Å². The fraction of sp³-hybridized carbons (Fsp3) is 0.900. The standard InChI is InChI=1S/C10H24N2O2Si/c1-12(2)7-6-11-10(13)14-8-9-15(3,4)5/h6-9H2,1-5H3,(H,11,13). The van der Waals surface area contributed by atoms with Gasteiger partial charge in [-0.05, 0) is 20.1 Å². The first-order chi connectivity index (χ1) is 6.81. The van der Waals surface area contributed by atoms with E-state index in [1.54, 1.807) is 0 Å². The molecule has 1 N–H and O–H groups in total. The molecule has 0 aliphatic rings. The minimum Gasteiger partial charge on any atom is -0.450 e. The van der Waals surface area contributed by atoms with E-state index in [1.165, 1.54) is 0 Å². The number of likely N-dealkylation sites (N-methyl/N-ethyl adjacent to an activating group) is 1. The van der Waals surface area contributed by atoms with Crippen LogP contribution < -0.4 is 5.32 Å². The molecular weight excluding hydrogens is 208 g/mol. The third-order valence-corrected chi connectivity index (χ3v) is 3.62. The van der Waals surface area contributed by atoms with Crippen LogP contribution in [0.4, 0.5) is 4.79 Å². The molecule has 0 saturated heterocycles. The molecule has 5 heteroatoms. The van der Waals surface area contributed by atoms with Gasteiger partial charge >= 0.3 is 6.09 Å². The summed E-state index contributed by atoms with van der Waals surface area (Å²) in [5.74, 6) is 0. The third kappa shape index (κ3) is 11.4. The van der Waals surface area contributed by atoms with Gasteiger partial charge in [0.15, 0.2) is 0 Å². The van der Waals surface area contributed by atoms with Crippen LogP contribution >= 0.6 is 0 Å². The van der Waals surface area contributed by atoms with Gasteiger partial charge in [0.2, 0.25) is 0 Å².